The molecule has 0 radical (unpaired) electrons. The minimum absolute atomic E-state index is 0.0237. The third-order valence-corrected chi connectivity index (χ3v) is 2.93. The van der Waals surface area contributed by atoms with Crippen LogP contribution < -0.4 is 10.2 Å². The molecule has 1 unspecified atom stereocenters. The molecule has 0 spiro atoms. The largest absolute Gasteiger partial charge is 0.395 e. The second-order valence-electron chi connectivity index (χ2n) is 4.34. The lowest BCUT2D eigenvalue weighted by Gasteiger charge is -2.23. The average molecular weight is 395 g/mol. The zero-order chi connectivity index (χ0) is 15.3. The zero-order valence-corrected chi connectivity index (χ0v) is 13.5. The number of nitro benzene ring substituents is 1. The summed E-state index contributed by atoms with van der Waals surface area (Å²) >= 11 is 1.74. The maximum absolute atomic E-state index is 11.1. The summed E-state index contributed by atoms with van der Waals surface area (Å²) in [7, 11) is 0. The van der Waals surface area contributed by atoms with Crippen LogP contribution in [0.2, 0.25) is 0 Å². The van der Waals surface area contributed by atoms with Crippen LogP contribution in [0.25, 0.3) is 0 Å². The van der Waals surface area contributed by atoms with Gasteiger partial charge in [0.05, 0.1) is 11.5 Å². The number of rotatable bonds is 7. The Labute approximate surface area is 130 Å². The van der Waals surface area contributed by atoms with E-state index in [1.54, 1.807) is 34.7 Å². The molecule has 1 rings (SSSR count). The van der Waals surface area contributed by atoms with E-state index in [0.29, 0.717) is 18.8 Å². The first-order valence-electron chi connectivity index (χ1n) is 6.12. The van der Waals surface area contributed by atoms with Crippen LogP contribution in [0.5, 0.6) is 0 Å². The Morgan fingerprint density at radius 1 is 1.55 bits per heavy atom. The standard InChI is InChI=1S/C12H18IN3O4/c1-3-15(6-7-17)9-4-5-10(14-12(2,13)18)11(8-9)16(19)20/h4-5,8,14,17-18H,3,6-7H2,1-2H3. The lowest BCUT2D eigenvalue weighted by atomic mass is 10.2. The van der Waals surface area contributed by atoms with Crippen molar-refractivity contribution in [3.8, 4) is 0 Å². The van der Waals surface area contributed by atoms with E-state index in [4.69, 9.17) is 5.11 Å². The maximum Gasteiger partial charge on any atom is 0.294 e. The topological polar surface area (TPSA) is 98.9 Å². The molecule has 0 aliphatic rings. The first-order chi connectivity index (χ1) is 9.28. The van der Waals surface area contributed by atoms with Crippen LogP contribution in [0.3, 0.4) is 0 Å². The molecule has 0 heterocycles. The summed E-state index contributed by atoms with van der Waals surface area (Å²) < 4.78 is -1.28. The number of halogens is 1. The molecule has 7 nitrogen and oxygen atoms in total. The van der Waals surface area contributed by atoms with E-state index in [-0.39, 0.29) is 18.0 Å². The predicted molar refractivity (Wildman–Crippen MR) is 86.3 cm³/mol. The van der Waals surface area contributed by atoms with Crippen molar-refractivity contribution in [3.05, 3.63) is 28.3 Å². The number of anilines is 2. The van der Waals surface area contributed by atoms with Gasteiger partial charge >= 0.3 is 0 Å². The highest BCUT2D eigenvalue weighted by molar-refractivity contribution is 14.1. The van der Waals surface area contributed by atoms with Crippen LogP contribution >= 0.6 is 22.6 Å². The molecule has 1 aromatic rings. The molecule has 20 heavy (non-hydrogen) atoms. The number of hydrogen-bond acceptors (Lipinski definition) is 6. The molecule has 0 aliphatic heterocycles. The molecule has 8 heteroatoms. The fourth-order valence-corrected chi connectivity index (χ4v) is 2.10. The molecular formula is C12H18IN3O4. The van der Waals surface area contributed by atoms with Gasteiger partial charge in [-0.05, 0) is 48.6 Å². The summed E-state index contributed by atoms with van der Waals surface area (Å²) in [5.41, 5.74) is 0.793. The van der Waals surface area contributed by atoms with Gasteiger partial charge in [0.1, 0.15) is 5.69 Å². The van der Waals surface area contributed by atoms with Crippen LogP contribution in [0.15, 0.2) is 18.2 Å². The van der Waals surface area contributed by atoms with Crippen molar-refractivity contribution in [1.29, 1.82) is 0 Å². The van der Waals surface area contributed by atoms with Crippen LogP contribution in [0.4, 0.5) is 17.1 Å². The highest BCUT2D eigenvalue weighted by Gasteiger charge is 2.22. The SMILES string of the molecule is CCN(CCO)c1ccc(NC(C)(O)I)c([N+](=O)[O-])c1. The molecule has 0 fully saturated rings. The van der Waals surface area contributed by atoms with Gasteiger partial charge in [-0.2, -0.15) is 0 Å². The fourth-order valence-electron chi connectivity index (χ4n) is 1.81. The van der Waals surface area contributed by atoms with Crippen molar-refractivity contribution in [3.63, 3.8) is 0 Å². The second kappa shape index (κ2) is 7.04. The smallest absolute Gasteiger partial charge is 0.294 e. The first kappa shape index (κ1) is 16.9. The summed E-state index contributed by atoms with van der Waals surface area (Å²) in [4.78, 5) is 12.5. The normalized spacial score (nSPS) is 13.7. The fraction of sp³-hybridized carbons (Fsp3) is 0.500. The van der Waals surface area contributed by atoms with Gasteiger partial charge in [-0.3, -0.25) is 10.1 Å². The Morgan fingerprint density at radius 2 is 2.20 bits per heavy atom. The molecule has 0 bridgehead atoms. The van der Waals surface area contributed by atoms with Crippen molar-refractivity contribution in [2.45, 2.75) is 17.6 Å². The van der Waals surface area contributed by atoms with Crippen molar-refractivity contribution in [2.24, 2.45) is 0 Å². The number of alkyl halides is 1. The summed E-state index contributed by atoms with van der Waals surface area (Å²) in [6.45, 7) is 4.42. The lowest BCUT2D eigenvalue weighted by Crippen LogP contribution is -2.27. The van der Waals surface area contributed by atoms with Crippen molar-refractivity contribution >= 4 is 39.7 Å². The number of nitrogens with zero attached hydrogens (tertiary/aromatic N) is 2. The summed E-state index contributed by atoms with van der Waals surface area (Å²) in [6.07, 6.45) is 0. The molecule has 0 amide bonds. The number of likely N-dealkylation sites (N-methyl/N-ethyl adjacent to an activating group) is 1. The van der Waals surface area contributed by atoms with E-state index in [1.165, 1.54) is 13.0 Å². The first-order valence-corrected chi connectivity index (χ1v) is 7.20. The van der Waals surface area contributed by atoms with Crippen LogP contribution in [-0.2, 0) is 0 Å². The van der Waals surface area contributed by atoms with Gasteiger partial charge < -0.3 is 20.4 Å². The zero-order valence-electron chi connectivity index (χ0n) is 11.3. The minimum Gasteiger partial charge on any atom is -0.395 e. The number of nitro groups is 1. The van der Waals surface area contributed by atoms with E-state index in [0.717, 1.165) is 0 Å². The maximum atomic E-state index is 11.1. The number of hydrogen-bond donors (Lipinski definition) is 3. The Morgan fingerprint density at radius 3 is 2.65 bits per heavy atom. The molecule has 0 aliphatic carbocycles. The quantitative estimate of drug-likeness (QED) is 0.163. The van der Waals surface area contributed by atoms with Crippen molar-refractivity contribution in [1.82, 2.24) is 0 Å². The molecule has 0 saturated heterocycles. The van der Waals surface area contributed by atoms with Crippen LogP contribution in [-0.4, -0.2) is 38.6 Å². The predicted octanol–water partition coefficient (Wildman–Crippen LogP) is 1.93. The Kier molecular flexibility index (Phi) is 5.96. The highest BCUT2D eigenvalue weighted by Crippen LogP contribution is 2.32. The van der Waals surface area contributed by atoms with Crippen molar-refractivity contribution in [2.75, 3.05) is 29.9 Å². The molecular weight excluding hydrogens is 377 g/mol. The Bertz CT molecular complexity index is 476. The molecule has 0 aromatic heterocycles. The monoisotopic (exact) mass is 395 g/mol. The van der Waals surface area contributed by atoms with Gasteiger partial charge in [0, 0.05) is 24.8 Å². The van der Waals surface area contributed by atoms with Crippen LogP contribution in [0, 0.1) is 10.1 Å². The summed E-state index contributed by atoms with van der Waals surface area (Å²) in [5, 5.41) is 32.5. The number of aliphatic hydroxyl groups excluding tert-OH is 1. The Hall–Kier alpha value is -1.13. The summed E-state index contributed by atoms with van der Waals surface area (Å²) in [6, 6.07) is 4.71. The molecule has 1 aromatic carbocycles. The van der Waals surface area contributed by atoms with Gasteiger partial charge in [-0.1, -0.05) is 0 Å². The van der Waals surface area contributed by atoms with Crippen molar-refractivity contribution < 1.29 is 15.1 Å². The molecule has 0 saturated carbocycles. The Balaban J connectivity index is 3.15. The van der Waals surface area contributed by atoms with Gasteiger partial charge in [0.2, 0.25) is 0 Å². The third-order valence-electron chi connectivity index (χ3n) is 2.66. The van der Waals surface area contributed by atoms with Gasteiger partial charge in [-0.15, -0.1) is 0 Å². The molecule has 1 atom stereocenters. The minimum atomic E-state index is -1.28. The average Bonchev–Trinajstić information content (AvgIpc) is 2.34. The molecule has 112 valence electrons. The third kappa shape index (κ3) is 4.76. The van der Waals surface area contributed by atoms with Gasteiger partial charge in [-0.25, -0.2) is 0 Å². The van der Waals surface area contributed by atoms with E-state index in [2.05, 4.69) is 5.32 Å². The molecule has 3 N–H and O–H groups in total. The van der Waals surface area contributed by atoms with Gasteiger partial charge in [0.25, 0.3) is 5.69 Å². The van der Waals surface area contributed by atoms with E-state index < -0.39 is 8.66 Å². The van der Waals surface area contributed by atoms with E-state index in [9.17, 15) is 15.2 Å². The second-order valence-corrected chi connectivity index (χ2v) is 6.44. The number of aliphatic hydroxyl groups is 2. The van der Waals surface area contributed by atoms with E-state index in [1.807, 2.05) is 11.8 Å². The summed E-state index contributed by atoms with van der Waals surface area (Å²) in [5.74, 6) is 0. The lowest BCUT2D eigenvalue weighted by molar-refractivity contribution is -0.384. The number of nitrogens with one attached hydrogen (secondary N) is 1. The highest BCUT2D eigenvalue weighted by atomic mass is 127. The van der Waals surface area contributed by atoms with Gasteiger partial charge in [0.15, 0.2) is 3.73 Å². The van der Waals surface area contributed by atoms with E-state index >= 15 is 0 Å². The number of benzene rings is 1. The van der Waals surface area contributed by atoms with Crippen LogP contribution in [0.1, 0.15) is 13.8 Å².